The Morgan fingerprint density at radius 3 is 3.00 bits per heavy atom. The van der Waals surface area contributed by atoms with Gasteiger partial charge in [0.2, 0.25) is 5.91 Å². The van der Waals surface area contributed by atoms with Gasteiger partial charge in [0.05, 0.1) is 5.56 Å². The van der Waals surface area contributed by atoms with E-state index in [9.17, 15) is 14.0 Å². The molecule has 4 nitrogen and oxygen atoms in total. The Morgan fingerprint density at radius 1 is 1.56 bits per heavy atom. The van der Waals surface area contributed by atoms with Crippen molar-refractivity contribution in [1.29, 1.82) is 0 Å². The van der Waals surface area contributed by atoms with Gasteiger partial charge in [-0.3, -0.25) is 9.59 Å². The van der Waals surface area contributed by atoms with Crippen LogP contribution in [0, 0.1) is 5.82 Å². The Morgan fingerprint density at radius 2 is 2.28 bits per heavy atom. The predicted octanol–water partition coefficient (Wildman–Crippen LogP) is 1.55. The maximum atomic E-state index is 13.2. The number of hydrogen-bond acceptors (Lipinski definition) is 2. The number of nitrogens with one attached hydrogen (secondary N) is 1. The van der Waals surface area contributed by atoms with Gasteiger partial charge in [0.25, 0.3) is 5.91 Å². The minimum Gasteiger partial charge on any atom is -0.353 e. The minimum atomic E-state index is -0.540. The standard InChI is InChI=1S/C12H12BrFN2O2/c1-7-11(17)15-4-5-16(7)12(18)9-6-8(14)2-3-10(9)13/h2-3,6-7H,4-5H2,1H3,(H,15,17). The summed E-state index contributed by atoms with van der Waals surface area (Å²) in [6.45, 7) is 2.50. The summed E-state index contributed by atoms with van der Waals surface area (Å²) in [5.74, 6) is -1.01. The van der Waals surface area contributed by atoms with Crippen molar-refractivity contribution < 1.29 is 14.0 Å². The molecule has 0 radical (unpaired) electrons. The summed E-state index contributed by atoms with van der Waals surface area (Å²) < 4.78 is 13.7. The molecular formula is C12H12BrFN2O2. The molecule has 0 aliphatic carbocycles. The van der Waals surface area contributed by atoms with Crippen LogP contribution in [0.15, 0.2) is 22.7 Å². The molecular weight excluding hydrogens is 303 g/mol. The summed E-state index contributed by atoms with van der Waals surface area (Å²) in [6.07, 6.45) is 0. The molecule has 96 valence electrons. The molecule has 1 unspecified atom stereocenters. The van der Waals surface area contributed by atoms with Crippen LogP contribution >= 0.6 is 15.9 Å². The number of halogens is 2. The second kappa shape index (κ2) is 5.06. The third-order valence-corrected chi connectivity index (χ3v) is 3.61. The number of rotatable bonds is 1. The van der Waals surface area contributed by atoms with E-state index in [-0.39, 0.29) is 17.4 Å². The third kappa shape index (κ3) is 2.38. The Labute approximate surface area is 112 Å². The lowest BCUT2D eigenvalue weighted by Crippen LogP contribution is -2.55. The SMILES string of the molecule is CC1C(=O)NCCN1C(=O)c1cc(F)ccc1Br. The van der Waals surface area contributed by atoms with E-state index in [0.717, 1.165) is 0 Å². The van der Waals surface area contributed by atoms with Crippen LogP contribution in [-0.2, 0) is 4.79 Å². The van der Waals surface area contributed by atoms with Gasteiger partial charge in [-0.05, 0) is 41.1 Å². The van der Waals surface area contributed by atoms with Crippen molar-refractivity contribution in [3.05, 3.63) is 34.1 Å². The Hall–Kier alpha value is -1.43. The molecule has 0 saturated carbocycles. The summed E-state index contributed by atoms with van der Waals surface area (Å²) in [7, 11) is 0. The monoisotopic (exact) mass is 314 g/mol. The van der Waals surface area contributed by atoms with Crippen molar-refractivity contribution in [2.75, 3.05) is 13.1 Å². The zero-order valence-corrected chi connectivity index (χ0v) is 11.3. The molecule has 0 bridgehead atoms. The topological polar surface area (TPSA) is 49.4 Å². The molecule has 0 aromatic heterocycles. The van der Waals surface area contributed by atoms with E-state index in [1.165, 1.54) is 23.1 Å². The zero-order valence-electron chi connectivity index (χ0n) is 9.74. The van der Waals surface area contributed by atoms with Crippen LogP contribution in [0.25, 0.3) is 0 Å². The lowest BCUT2D eigenvalue weighted by Gasteiger charge is -2.33. The molecule has 1 N–H and O–H groups in total. The summed E-state index contributed by atoms with van der Waals surface area (Å²) in [5.41, 5.74) is 0.233. The summed E-state index contributed by atoms with van der Waals surface area (Å²) in [5, 5.41) is 2.68. The minimum absolute atomic E-state index is 0.192. The van der Waals surface area contributed by atoms with Gasteiger partial charge in [-0.1, -0.05) is 0 Å². The largest absolute Gasteiger partial charge is 0.353 e. The van der Waals surface area contributed by atoms with E-state index in [0.29, 0.717) is 17.6 Å². The molecule has 1 fully saturated rings. The van der Waals surface area contributed by atoms with Gasteiger partial charge >= 0.3 is 0 Å². The van der Waals surface area contributed by atoms with Gasteiger partial charge < -0.3 is 10.2 Å². The highest BCUT2D eigenvalue weighted by atomic mass is 79.9. The molecule has 0 spiro atoms. The normalized spacial score (nSPS) is 19.6. The molecule has 6 heteroatoms. The first-order valence-corrected chi connectivity index (χ1v) is 6.33. The predicted molar refractivity (Wildman–Crippen MR) is 67.6 cm³/mol. The number of piperazine rings is 1. The molecule has 1 aromatic rings. The fraction of sp³-hybridized carbons (Fsp3) is 0.333. The van der Waals surface area contributed by atoms with E-state index >= 15 is 0 Å². The average Bonchev–Trinajstić information content (AvgIpc) is 2.35. The van der Waals surface area contributed by atoms with Gasteiger partial charge in [0.1, 0.15) is 11.9 Å². The Kier molecular flexibility index (Phi) is 3.65. The Balaban J connectivity index is 2.30. The zero-order chi connectivity index (χ0) is 13.3. The van der Waals surface area contributed by atoms with E-state index < -0.39 is 11.9 Å². The number of amides is 2. The molecule has 18 heavy (non-hydrogen) atoms. The van der Waals surface area contributed by atoms with Crippen molar-refractivity contribution in [1.82, 2.24) is 10.2 Å². The number of hydrogen-bond donors (Lipinski definition) is 1. The molecule has 1 atom stereocenters. The van der Waals surface area contributed by atoms with Crippen molar-refractivity contribution in [3.63, 3.8) is 0 Å². The van der Waals surface area contributed by atoms with E-state index in [4.69, 9.17) is 0 Å². The van der Waals surface area contributed by atoms with Crippen molar-refractivity contribution >= 4 is 27.7 Å². The van der Waals surface area contributed by atoms with Crippen molar-refractivity contribution in [2.24, 2.45) is 0 Å². The summed E-state index contributed by atoms with van der Waals surface area (Å²) >= 11 is 3.22. The van der Waals surface area contributed by atoms with E-state index in [1.54, 1.807) is 6.92 Å². The molecule has 1 aliphatic heterocycles. The van der Waals surface area contributed by atoms with Crippen LogP contribution in [0.1, 0.15) is 17.3 Å². The second-order valence-corrected chi connectivity index (χ2v) is 4.94. The number of carbonyl (C=O) groups excluding carboxylic acids is 2. The third-order valence-electron chi connectivity index (χ3n) is 2.92. The number of benzene rings is 1. The fourth-order valence-electron chi connectivity index (χ4n) is 1.88. The molecule has 1 aliphatic rings. The van der Waals surface area contributed by atoms with Gasteiger partial charge in [0, 0.05) is 17.6 Å². The summed E-state index contributed by atoms with van der Waals surface area (Å²) in [6, 6.07) is 3.39. The first-order valence-electron chi connectivity index (χ1n) is 5.54. The molecule has 1 aromatic carbocycles. The highest BCUT2D eigenvalue weighted by Gasteiger charge is 2.30. The quantitative estimate of drug-likeness (QED) is 0.855. The molecule has 2 amide bonds. The highest BCUT2D eigenvalue weighted by molar-refractivity contribution is 9.10. The van der Waals surface area contributed by atoms with E-state index in [1.807, 2.05) is 0 Å². The maximum Gasteiger partial charge on any atom is 0.255 e. The van der Waals surface area contributed by atoms with Crippen molar-refractivity contribution in [3.8, 4) is 0 Å². The van der Waals surface area contributed by atoms with Gasteiger partial charge in [-0.15, -0.1) is 0 Å². The first-order chi connectivity index (χ1) is 8.50. The van der Waals surface area contributed by atoms with Crippen LogP contribution in [-0.4, -0.2) is 35.8 Å². The van der Waals surface area contributed by atoms with Crippen LogP contribution in [0.2, 0.25) is 0 Å². The Bertz CT molecular complexity index is 507. The number of carbonyl (C=O) groups is 2. The van der Waals surface area contributed by atoms with Crippen LogP contribution < -0.4 is 5.32 Å². The van der Waals surface area contributed by atoms with Gasteiger partial charge in [-0.25, -0.2) is 4.39 Å². The second-order valence-electron chi connectivity index (χ2n) is 4.09. The lowest BCUT2D eigenvalue weighted by atomic mass is 10.1. The van der Waals surface area contributed by atoms with Crippen LogP contribution in [0.3, 0.4) is 0 Å². The van der Waals surface area contributed by atoms with Crippen LogP contribution in [0.5, 0.6) is 0 Å². The fourth-order valence-corrected chi connectivity index (χ4v) is 2.29. The van der Waals surface area contributed by atoms with E-state index in [2.05, 4.69) is 21.2 Å². The number of nitrogens with zero attached hydrogens (tertiary/aromatic N) is 1. The van der Waals surface area contributed by atoms with Crippen LogP contribution in [0.4, 0.5) is 4.39 Å². The average molecular weight is 315 g/mol. The first kappa shape index (κ1) is 13.0. The highest BCUT2D eigenvalue weighted by Crippen LogP contribution is 2.21. The summed E-state index contributed by atoms with van der Waals surface area (Å²) in [4.78, 5) is 25.2. The molecule has 2 rings (SSSR count). The van der Waals surface area contributed by atoms with Gasteiger partial charge in [-0.2, -0.15) is 0 Å². The maximum absolute atomic E-state index is 13.2. The smallest absolute Gasteiger partial charge is 0.255 e. The molecule has 1 saturated heterocycles. The lowest BCUT2D eigenvalue weighted by molar-refractivity contribution is -0.127. The van der Waals surface area contributed by atoms with Crippen molar-refractivity contribution in [2.45, 2.75) is 13.0 Å². The molecule has 1 heterocycles. The van der Waals surface area contributed by atoms with Gasteiger partial charge in [0.15, 0.2) is 0 Å².